The summed E-state index contributed by atoms with van der Waals surface area (Å²) in [5.41, 5.74) is 5.45. The maximum absolute atomic E-state index is 12.2. The summed E-state index contributed by atoms with van der Waals surface area (Å²) in [5.74, 6) is -3.11. The lowest BCUT2D eigenvalue weighted by Crippen LogP contribution is -1.99. The highest BCUT2D eigenvalue weighted by Crippen LogP contribution is 2.43. The van der Waals surface area contributed by atoms with Gasteiger partial charge in [-0.05, 0) is 66.0 Å². The molecule has 0 spiro atoms. The minimum Gasteiger partial charge on any atom is -0.505 e. The van der Waals surface area contributed by atoms with Gasteiger partial charge in [-0.2, -0.15) is 8.42 Å². The van der Waals surface area contributed by atoms with E-state index in [0.29, 0.717) is 5.39 Å². The Bertz CT molecular complexity index is 2170. The van der Waals surface area contributed by atoms with Gasteiger partial charge in [0.1, 0.15) is 16.3 Å². The van der Waals surface area contributed by atoms with Crippen molar-refractivity contribution in [3.63, 3.8) is 0 Å². The summed E-state index contributed by atoms with van der Waals surface area (Å²) in [4.78, 5) is 22.6. The molecule has 5 aromatic rings. The van der Waals surface area contributed by atoms with Crippen molar-refractivity contribution in [1.29, 1.82) is 0 Å². The number of phenolic OH excluding ortho intramolecular Hbond substituents is 1. The van der Waals surface area contributed by atoms with Gasteiger partial charge < -0.3 is 21.1 Å². The largest absolute Gasteiger partial charge is 0.505 e. The number of hydrogen-bond donors (Lipinski definition) is 5. The van der Waals surface area contributed by atoms with Crippen LogP contribution in [0.3, 0.4) is 0 Å². The van der Waals surface area contributed by atoms with Crippen LogP contribution in [0.25, 0.3) is 21.5 Å². The number of anilines is 1. The van der Waals surface area contributed by atoms with E-state index >= 15 is 0 Å². The Hall–Kier alpha value is -5.44. The van der Waals surface area contributed by atoms with Crippen LogP contribution in [0.2, 0.25) is 5.02 Å². The zero-order valence-electron chi connectivity index (χ0n) is 21.5. The molecule has 0 unspecified atom stereocenters. The molecule has 216 valence electrons. The van der Waals surface area contributed by atoms with Gasteiger partial charge in [0.15, 0.2) is 5.75 Å². The van der Waals surface area contributed by atoms with Crippen molar-refractivity contribution in [3.8, 4) is 5.75 Å². The molecule has 6 N–H and O–H groups in total. The summed E-state index contributed by atoms with van der Waals surface area (Å²) in [6, 6.07) is 16.3. The van der Waals surface area contributed by atoms with Crippen LogP contribution >= 0.6 is 11.6 Å². The fourth-order valence-electron chi connectivity index (χ4n) is 4.26. The molecule has 0 aromatic heterocycles. The van der Waals surface area contributed by atoms with Crippen LogP contribution in [0.1, 0.15) is 20.7 Å². The molecule has 0 heterocycles. The summed E-state index contributed by atoms with van der Waals surface area (Å²) in [5, 5.41) is 47.2. The average Bonchev–Trinajstić information content (AvgIpc) is 2.95. The van der Waals surface area contributed by atoms with Crippen LogP contribution in [0.15, 0.2) is 98.1 Å². The van der Waals surface area contributed by atoms with Gasteiger partial charge in [0, 0.05) is 26.9 Å². The normalized spacial score (nSPS) is 12.0. The Morgan fingerprint density at radius 1 is 0.721 bits per heavy atom. The van der Waals surface area contributed by atoms with Crippen LogP contribution in [0, 0.1) is 0 Å². The molecule has 0 saturated carbocycles. The van der Waals surface area contributed by atoms with Crippen LogP contribution < -0.4 is 5.73 Å². The molecule has 15 heteroatoms. The molecule has 43 heavy (non-hydrogen) atoms. The number of carboxylic acid groups (broad SMARTS) is 2. The maximum atomic E-state index is 12.2. The number of carboxylic acids is 2. The number of benzene rings is 5. The molecule has 0 saturated heterocycles. The first-order valence-corrected chi connectivity index (χ1v) is 13.8. The van der Waals surface area contributed by atoms with Gasteiger partial charge in [-0.25, -0.2) is 9.59 Å². The standard InChI is InChI=1S/C28H18ClN5O8S/c29-15-3-6-18(28(38)39)23(11-15)33-31-21-7-8-22(20-9-14(27(36)37)2-5-17(20)21)32-34-25-24(43(40,41)42)10-13-1-4-16(30)12-19(13)26(25)35/h1-12,35H,30H2,(H,36,37)(H,38,39)(H,40,41,42). The Balaban J connectivity index is 1.68. The number of azo groups is 2. The average molecular weight is 620 g/mol. The number of nitrogens with zero attached hydrogens (tertiary/aromatic N) is 4. The molecule has 0 atom stereocenters. The Morgan fingerprint density at radius 3 is 2.07 bits per heavy atom. The molecular formula is C28H18ClN5O8S. The molecule has 0 amide bonds. The Labute approximate surface area is 247 Å². The van der Waals surface area contributed by atoms with Gasteiger partial charge in [-0.1, -0.05) is 23.7 Å². The molecule has 0 fully saturated rings. The molecular weight excluding hydrogens is 602 g/mol. The number of aromatic hydroxyl groups is 1. The summed E-state index contributed by atoms with van der Waals surface area (Å²) < 4.78 is 34.2. The van der Waals surface area contributed by atoms with Crippen molar-refractivity contribution in [1.82, 2.24) is 0 Å². The van der Waals surface area contributed by atoms with E-state index in [1.807, 2.05) is 0 Å². The van der Waals surface area contributed by atoms with Crippen molar-refractivity contribution in [3.05, 3.63) is 88.9 Å². The monoisotopic (exact) mass is 619 g/mol. The first kappa shape index (κ1) is 29.1. The number of fused-ring (bicyclic) bond motifs is 2. The van der Waals surface area contributed by atoms with E-state index in [-0.39, 0.29) is 55.1 Å². The molecule has 0 aliphatic rings. The lowest BCUT2D eigenvalue weighted by Gasteiger charge is -2.10. The summed E-state index contributed by atoms with van der Waals surface area (Å²) >= 11 is 5.99. The van der Waals surface area contributed by atoms with Crippen molar-refractivity contribution < 1.29 is 37.9 Å². The quantitative estimate of drug-likeness (QED) is 0.0693. The van der Waals surface area contributed by atoms with Gasteiger partial charge in [0.05, 0.1) is 22.5 Å². The number of rotatable bonds is 7. The third-order valence-electron chi connectivity index (χ3n) is 6.29. The van der Waals surface area contributed by atoms with Crippen molar-refractivity contribution in [2.24, 2.45) is 20.5 Å². The lowest BCUT2D eigenvalue weighted by atomic mass is 10.0. The fourth-order valence-corrected chi connectivity index (χ4v) is 5.08. The van der Waals surface area contributed by atoms with Crippen LogP contribution in [-0.4, -0.2) is 40.2 Å². The number of phenols is 1. The second-order valence-corrected chi connectivity index (χ2v) is 10.9. The molecule has 5 aromatic carbocycles. The number of aromatic carboxylic acids is 2. The minimum atomic E-state index is -4.88. The second-order valence-electron chi connectivity index (χ2n) is 9.06. The molecule has 5 rings (SSSR count). The number of nitrogens with two attached hydrogens (primary N) is 1. The van der Waals surface area contributed by atoms with E-state index in [1.54, 1.807) is 0 Å². The van der Waals surface area contributed by atoms with Gasteiger partial charge in [-0.15, -0.1) is 20.5 Å². The maximum Gasteiger partial charge on any atom is 0.337 e. The van der Waals surface area contributed by atoms with E-state index in [2.05, 4.69) is 20.5 Å². The summed E-state index contributed by atoms with van der Waals surface area (Å²) in [6.07, 6.45) is 0. The van der Waals surface area contributed by atoms with E-state index in [0.717, 1.165) is 6.07 Å². The van der Waals surface area contributed by atoms with Gasteiger partial charge in [-0.3, -0.25) is 4.55 Å². The van der Waals surface area contributed by atoms with Crippen LogP contribution in [0.4, 0.5) is 28.4 Å². The number of halogens is 1. The summed E-state index contributed by atoms with van der Waals surface area (Å²) in [7, 11) is -4.88. The van der Waals surface area contributed by atoms with Crippen molar-refractivity contribution >= 4 is 83.6 Å². The molecule has 13 nitrogen and oxygen atoms in total. The highest BCUT2D eigenvalue weighted by Gasteiger charge is 2.22. The predicted molar refractivity (Wildman–Crippen MR) is 158 cm³/mol. The zero-order chi connectivity index (χ0) is 31.1. The van der Waals surface area contributed by atoms with E-state index in [9.17, 15) is 37.9 Å². The van der Waals surface area contributed by atoms with Gasteiger partial charge in [0.25, 0.3) is 10.1 Å². The predicted octanol–water partition coefficient (Wildman–Crippen LogP) is 7.41. The zero-order valence-corrected chi connectivity index (χ0v) is 23.1. The molecule has 0 aliphatic carbocycles. The number of carbonyl (C=O) groups is 2. The van der Waals surface area contributed by atoms with Gasteiger partial charge >= 0.3 is 11.9 Å². The van der Waals surface area contributed by atoms with Crippen molar-refractivity contribution in [2.45, 2.75) is 4.90 Å². The van der Waals surface area contributed by atoms with E-state index < -0.39 is 38.4 Å². The second kappa shape index (κ2) is 11.1. The lowest BCUT2D eigenvalue weighted by molar-refractivity contribution is 0.0686. The molecule has 0 bridgehead atoms. The first-order valence-electron chi connectivity index (χ1n) is 12.0. The number of hydrogen-bond acceptors (Lipinski definition) is 10. The molecule has 0 aliphatic heterocycles. The van der Waals surface area contributed by atoms with Crippen molar-refractivity contribution in [2.75, 3.05) is 5.73 Å². The third kappa shape index (κ3) is 5.83. The van der Waals surface area contributed by atoms with E-state index in [4.69, 9.17) is 17.3 Å². The number of nitrogen functional groups attached to an aromatic ring is 1. The summed E-state index contributed by atoms with van der Waals surface area (Å²) in [6.45, 7) is 0. The van der Waals surface area contributed by atoms with Gasteiger partial charge in [0.2, 0.25) is 0 Å². The Kier molecular flexibility index (Phi) is 7.50. The first-order chi connectivity index (χ1) is 20.3. The highest BCUT2D eigenvalue weighted by molar-refractivity contribution is 7.86. The highest BCUT2D eigenvalue weighted by atomic mass is 35.5. The smallest absolute Gasteiger partial charge is 0.337 e. The molecule has 0 radical (unpaired) electrons. The third-order valence-corrected chi connectivity index (χ3v) is 7.39. The SMILES string of the molecule is Nc1ccc2cc(S(=O)(=O)O)c(N=Nc3ccc(N=Nc4cc(Cl)ccc4C(=O)O)c4ccc(C(=O)O)cc34)c(O)c2c1. The van der Waals surface area contributed by atoms with Crippen LogP contribution in [-0.2, 0) is 10.1 Å². The van der Waals surface area contributed by atoms with E-state index in [1.165, 1.54) is 66.7 Å². The minimum absolute atomic E-state index is 0.0239. The van der Waals surface area contributed by atoms with Crippen LogP contribution in [0.5, 0.6) is 5.75 Å². The topological polar surface area (TPSA) is 225 Å². The fraction of sp³-hybridized carbons (Fsp3) is 0. The Morgan fingerprint density at radius 2 is 1.40 bits per heavy atom.